The minimum atomic E-state index is -0.921. The Hall–Kier alpha value is -0.870. The molecule has 0 aromatic heterocycles. The lowest BCUT2D eigenvalue weighted by Gasteiger charge is -2.44. The van der Waals surface area contributed by atoms with E-state index >= 15 is 0 Å². The van der Waals surface area contributed by atoms with Crippen molar-refractivity contribution >= 4 is 28.3 Å². The van der Waals surface area contributed by atoms with Crippen LogP contribution < -0.4 is 0 Å². The Balaban J connectivity index is 2.34. The molecular weight excluding hydrogens is 354 g/mol. The molecule has 0 saturated carbocycles. The van der Waals surface area contributed by atoms with Gasteiger partial charge in [0.2, 0.25) is 5.91 Å². The third-order valence-corrected chi connectivity index (χ3v) is 7.24. The number of benzene rings is 1. The van der Waals surface area contributed by atoms with Crippen LogP contribution in [0.1, 0.15) is 65.0 Å². The zero-order chi connectivity index (χ0) is 18.6. The average molecular weight is 384 g/mol. The van der Waals surface area contributed by atoms with Gasteiger partial charge in [0, 0.05) is 38.8 Å². The molecule has 1 aromatic carbocycles. The van der Waals surface area contributed by atoms with E-state index in [9.17, 15) is 9.00 Å². The van der Waals surface area contributed by atoms with Gasteiger partial charge >= 0.3 is 0 Å². The smallest absolute Gasteiger partial charge is 0.226 e. The number of rotatable bonds is 7. The Morgan fingerprint density at radius 2 is 1.84 bits per heavy atom. The predicted octanol–water partition coefficient (Wildman–Crippen LogP) is 4.97. The van der Waals surface area contributed by atoms with E-state index in [0.717, 1.165) is 31.2 Å². The number of nitrogens with zero attached hydrogens (tertiary/aromatic N) is 1. The summed E-state index contributed by atoms with van der Waals surface area (Å²) in [5.41, 5.74) is 1.13. The van der Waals surface area contributed by atoms with Gasteiger partial charge in [0.15, 0.2) is 0 Å². The predicted molar refractivity (Wildman–Crippen MR) is 106 cm³/mol. The third kappa shape index (κ3) is 4.85. The average Bonchev–Trinajstić information content (AvgIpc) is 2.60. The number of hydrogen-bond acceptors (Lipinski definition) is 2. The highest BCUT2D eigenvalue weighted by atomic mass is 35.5. The summed E-state index contributed by atoms with van der Waals surface area (Å²) in [5, 5.41) is 0.821. The summed E-state index contributed by atoms with van der Waals surface area (Å²) in [4.78, 5) is 15.2. The fraction of sp³-hybridized carbons (Fsp3) is 0.650. The van der Waals surface area contributed by atoms with Crippen LogP contribution in [0.2, 0.25) is 5.02 Å². The molecule has 1 amide bonds. The van der Waals surface area contributed by atoms with Gasteiger partial charge in [-0.3, -0.25) is 9.00 Å². The minimum absolute atomic E-state index is 0.0192. The first-order valence-corrected chi connectivity index (χ1v) is 11.1. The minimum Gasteiger partial charge on any atom is -0.332 e. The molecule has 2 rings (SSSR count). The summed E-state index contributed by atoms with van der Waals surface area (Å²) in [7, 11) is -0.921. The Labute approximate surface area is 159 Å². The lowest BCUT2D eigenvalue weighted by atomic mass is 9.85. The summed E-state index contributed by atoms with van der Waals surface area (Å²) in [6.07, 6.45) is 3.57. The van der Waals surface area contributed by atoms with Gasteiger partial charge in [0.05, 0.1) is 6.04 Å². The third-order valence-electron chi connectivity index (χ3n) is 5.22. The van der Waals surface area contributed by atoms with Crippen molar-refractivity contribution in [2.24, 2.45) is 5.92 Å². The maximum absolute atomic E-state index is 13.2. The van der Waals surface area contributed by atoms with E-state index in [1.54, 1.807) is 0 Å². The molecule has 1 aliphatic heterocycles. The molecule has 1 fully saturated rings. The standard InChI is InChI=1S/C20H30ClNO2S/c1-5-15-9-12-19(16-7-10-17(21)11-8-16)22(20(15)23)18(6-2)13-25(24)14(3)4/h7-8,10-11,14-15,18-19H,5-6,9,12-13H2,1-4H3. The van der Waals surface area contributed by atoms with Crippen LogP contribution in [-0.4, -0.2) is 32.1 Å². The van der Waals surface area contributed by atoms with Gasteiger partial charge in [0.25, 0.3) is 0 Å². The lowest BCUT2D eigenvalue weighted by molar-refractivity contribution is -0.145. The van der Waals surface area contributed by atoms with Crippen LogP contribution in [0.15, 0.2) is 24.3 Å². The van der Waals surface area contributed by atoms with Crippen LogP contribution in [-0.2, 0) is 15.6 Å². The van der Waals surface area contributed by atoms with Crippen molar-refractivity contribution in [3.63, 3.8) is 0 Å². The molecule has 0 aliphatic carbocycles. The van der Waals surface area contributed by atoms with Gasteiger partial charge in [0.1, 0.15) is 0 Å². The number of carbonyl (C=O) groups is 1. The highest BCUT2D eigenvalue weighted by Gasteiger charge is 2.39. The van der Waals surface area contributed by atoms with E-state index in [2.05, 4.69) is 13.8 Å². The molecular formula is C20H30ClNO2S. The molecule has 25 heavy (non-hydrogen) atoms. The molecule has 0 N–H and O–H groups in total. The quantitative estimate of drug-likeness (QED) is 0.666. The van der Waals surface area contributed by atoms with Crippen LogP contribution in [0, 0.1) is 5.92 Å². The Bertz CT molecular complexity index is 602. The van der Waals surface area contributed by atoms with Gasteiger partial charge in [-0.05, 0) is 43.4 Å². The number of amides is 1. The van der Waals surface area contributed by atoms with Crippen molar-refractivity contribution in [3.05, 3.63) is 34.9 Å². The summed E-state index contributed by atoms with van der Waals surface area (Å²) in [6.45, 7) is 8.12. The van der Waals surface area contributed by atoms with Crippen LogP contribution >= 0.6 is 11.6 Å². The van der Waals surface area contributed by atoms with Gasteiger partial charge in [-0.25, -0.2) is 0 Å². The summed E-state index contributed by atoms with van der Waals surface area (Å²) in [5.74, 6) is 0.867. The van der Waals surface area contributed by atoms with Crippen molar-refractivity contribution in [2.75, 3.05) is 5.75 Å². The summed E-state index contributed by atoms with van der Waals surface area (Å²) in [6, 6.07) is 7.89. The van der Waals surface area contributed by atoms with Crippen molar-refractivity contribution in [1.82, 2.24) is 4.90 Å². The molecule has 4 unspecified atom stereocenters. The second-order valence-corrected chi connectivity index (χ2v) is 9.63. The van der Waals surface area contributed by atoms with E-state index in [1.165, 1.54) is 0 Å². The molecule has 0 radical (unpaired) electrons. The van der Waals surface area contributed by atoms with Gasteiger partial charge in [-0.15, -0.1) is 0 Å². The van der Waals surface area contributed by atoms with Gasteiger partial charge in [-0.2, -0.15) is 0 Å². The number of hydrogen-bond donors (Lipinski definition) is 0. The number of piperidine rings is 1. The van der Waals surface area contributed by atoms with Crippen molar-refractivity contribution in [3.8, 4) is 0 Å². The molecule has 1 heterocycles. The zero-order valence-electron chi connectivity index (χ0n) is 15.7. The first kappa shape index (κ1) is 20.4. The van der Waals surface area contributed by atoms with Crippen LogP contribution in [0.4, 0.5) is 0 Å². The topological polar surface area (TPSA) is 37.4 Å². The number of halogens is 1. The summed E-state index contributed by atoms with van der Waals surface area (Å²) < 4.78 is 12.5. The molecule has 4 atom stereocenters. The highest BCUT2D eigenvalue weighted by molar-refractivity contribution is 7.85. The first-order chi connectivity index (χ1) is 11.9. The van der Waals surface area contributed by atoms with Crippen LogP contribution in [0.25, 0.3) is 0 Å². The Morgan fingerprint density at radius 3 is 2.36 bits per heavy atom. The first-order valence-electron chi connectivity index (χ1n) is 9.33. The van der Waals surface area contributed by atoms with E-state index in [0.29, 0.717) is 10.8 Å². The molecule has 0 spiro atoms. The molecule has 140 valence electrons. The molecule has 0 bridgehead atoms. The molecule has 5 heteroatoms. The second kappa shape index (κ2) is 9.18. The fourth-order valence-corrected chi connectivity index (χ4v) is 4.87. The van der Waals surface area contributed by atoms with E-state index in [1.807, 2.05) is 43.0 Å². The SMILES string of the molecule is CCC1CCC(c2ccc(Cl)cc2)N(C(CC)CS(=O)C(C)C)C1=O. The molecule has 1 aliphatic rings. The van der Waals surface area contributed by atoms with E-state index < -0.39 is 10.8 Å². The highest BCUT2D eigenvalue weighted by Crippen LogP contribution is 2.38. The molecule has 3 nitrogen and oxygen atoms in total. The maximum atomic E-state index is 13.2. The summed E-state index contributed by atoms with van der Waals surface area (Å²) >= 11 is 6.03. The van der Waals surface area contributed by atoms with Crippen molar-refractivity contribution in [1.29, 1.82) is 0 Å². The zero-order valence-corrected chi connectivity index (χ0v) is 17.3. The van der Waals surface area contributed by atoms with Crippen LogP contribution in [0.3, 0.4) is 0 Å². The molecule has 1 aromatic rings. The maximum Gasteiger partial charge on any atom is 0.226 e. The van der Waals surface area contributed by atoms with Crippen molar-refractivity contribution in [2.45, 2.75) is 70.7 Å². The van der Waals surface area contributed by atoms with E-state index in [4.69, 9.17) is 11.6 Å². The van der Waals surface area contributed by atoms with Crippen LogP contribution in [0.5, 0.6) is 0 Å². The monoisotopic (exact) mass is 383 g/mol. The second-order valence-electron chi connectivity index (χ2n) is 7.15. The Kier molecular flexibility index (Phi) is 7.51. The van der Waals surface area contributed by atoms with Crippen molar-refractivity contribution < 1.29 is 9.00 Å². The van der Waals surface area contributed by atoms with Gasteiger partial charge in [-0.1, -0.05) is 51.4 Å². The van der Waals surface area contributed by atoms with Gasteiger partial charge < -0.3 is 4.90 Å². The molecule has 1 saturated heterocycles. The normalized spacial score (nSPS) is 23.8. The largest absolute Gasteiger partial charge is 0.332 e. The Morgan fingerprint density at radius 1 is 1.20 bits per heavy atom. The number of likely N-dealkylation sites (tertiary alicyclic amines) is 1. The lowest BCUT2D eigenvalue weighted by Crippen LogP contribution is -2.50. The van der Waals surface area contributed by atoms with E-state index in [-0.39, 0.29) is 29.2 Å². The number of carbonyl (C=O) groups excluding carboxylic acids is 1. The fourth-order valence-electron chi connectivity index (χ4n) is 3.59.